The summed E-state index contributed by atoms with van der Waals surface area (Å²) in [6, 6.07) is 6.41. The molecule has 12 rings (SSSR count). The van der Waals surface area contributed by atoms with Crippen LogP contribution in [-0.4, -0.2) is 127 Å². The number of carbonyl (C=O) groups excluding carboxylic acids is 1. The third kappa shape index (κ3) is 9.93. The van der Waals surface area contributed by atoms with Crippen molar-refractivity contribution in [3.05, 3.63) is 118 Å². The number of carboxylic acids is 1. The second kappa shape index (κ2) is 20.9. The maximum Gasteiger partial charge on any atom is 0.311 e. The smallest absolute Gasteiger partial charge is 0.311 e. The van der Waals surface area contributed by atoms with Crippen LogP contribution in [0.15, 0.2) is 61.5 Å². The average molecular weight is 945 g/mol. The number of aryl methyl sites for hydroxylation is 2. The minimum atomic E-state index is -0.744. The number of aromatic nitrogens is 8. The van der Waals surface area contributed by atoms with Crippen molar-refractivity contribution in [2.75, 3.05) is 65.8 Å². The number of carbonyl (C=O) groups is 2. The van der Waals surface area contributed by atoms with Crippen LogP contribution in [0.2, 0.25) is 0 Å². The Morgan fingerprint density at radius 2 is 1.22 bits per heavy atom. The van der Waals surface area contributed by atoms with E-state index in [9.17, 15) is 18.4 Å². The Morgan fingerprint density at radius 3 is 1.74 bits per heavy atom. The van der Waals surface area contributed by atoms with Crippen LogP contribution >= 0.6 is 0 Å². The van der Waals surface area contributed by atoms with Gasteiger partial charge in [-0.3, -0.25) is 18.4 Å². The third-order valence-corrected chi connectivity index (χ3v) is 13.6. The number of aliphatic carboxylic acids is 1. The first-order chi connectivity index (χ1) is 33.8. The van der Waals surface area contributed by atoms with E-state index in [1.807, 2.05) is 26.1 Å². The first kappa shape index (κ1) is 46.1. The van der Waals surface area contributed by atoms with E-state index >= 15 is 0 Å². The number of nitrogens with zero attached hydrogens (tertiary/aromatic N) is 9. The Hall–Kier alpha value is -6.70. The topological polar surface area (TPSA) is 193 Å². The van der Waals surface area contributed by atoms with Crippen LogP contribution in [0, 0.1) is 23.5 Å². The zero-order valence-electron chi connectivity index (χ0n) is 38.2. The van der Waals surface area contributed by atoms with Gasteiger partial charge in [-0.25, -0.2) is 18.7 Å². The zero-order valence-corrected chi connectivity index (χ0v) is 38.2. The number of fused-ring (bicyclic) bond motifs is 4. The molecule has 0 spiro atoms. The van der Waals surface area contributed by atoms with Crippen LogP contribution in [0.5, 0.6) is 11.5 Å². The number of ether oxygens (including phenoxy) is 4. The first-order valence-corrected chi connectivity index (χ1v) is 23.8. The highest BCUT2D eigenvalue weighted by Gasteiger charge is 2.31. The van der Waals surface area contributed by atoms with E-state index in [4.69, 9.17) is 29.3 Å². The maximum atomic E-state index is 14.6. The molecule has 19 heteroatoms. The van der Waals surface area contributed by atoms with Crippen molar-refractivity contribution in [3.63, 3.8) is 0 Å². The van der Waals surface area contributed by atoms with E-state index in [1.54, 1.807) is 24.8 Å². The molecule has 0 radical (unpaired) electrons. The number of nitrogens with one attached hydrogen (secondary N) is 1. The van der Waals surface area contributed by atoms with Gasteiger partial charge in [0.15, 0.2) is 11.3 Å². The summed E-state index contributed by atoms with van der Waals surface area (Å²) in [5, 5.41) is 28.5. The van der Waals surface area contributed by atoms with Crippen LogP contribution < -0.4 is 14.8 Å². The highest BCUT2D eigenvalue weighted by atomic mass is 19.1. The van der Waals surface area contributed by atoms with Crippen molar-refractivity contribution in [1.82, 2.24) is 49.4 Å². The molecule has 4 aromatic heterocycles. The minimum Gasteiger partial charge on any atom is -0.493 e. The molecule has 6 aliphatic rings. The van der Waals surface area contributed by atoms with E-state index in [2.05, 4.69) is 42.6 Å². The average Bonchev–Trinajstić information content (AvgIpc) is 4.13. The van der Waals surface area contributed by atoms with Gasteiger partial charge < -0.3 is 34.3 Å². The van der Waals surface area contributed by atoms with Gasteiger partial charge in [-0.1, -0.05) is 12.2 Å². The lowest BCUT2D eigenvalue weighted by molar-refractivity contribution is -0.156. The fourth-order valence-corrected chi connectivity index (χ4v) is 9.59. The van der Waals surface area contributed by atoms with E-state index in [-0.39, 0.29) is 29.4 Å². The van der Waals surface area contributed by atoms with Gasteiger partial charge >= 0.3 is 5.97 Å². The molecule has 2 N–H and O–H groups in total. The van der Waals surface area contributed by atoms with Gasteiger partial charge in [0.1, 0.15) is 53.4 Å². The molecule has 0 bridgehead atoms. The molecule has 0 aliphatic carbocycles. The number of carboxylic acid groups (broad SMARTS) is 1. The SMILES string of the molecule is Fc1ccc2c(c1CCc1ncc(C3=CCCNCC3)c3nncn13)CCO2.O=C(C1COC1)N1CCC=C(c2cnc(CCc3c(F)ccc4c3CCO4)n3cnnc23)CC1.O=C(O)C1COC1. The zero-order chi connectivity index (χ0) is 47.3. The minimum absolute atomic E-state index is 0.00736. The molecular formula is C50H54F2N10O7. The number of halogens is 2. The van der Waals surface area contributed by atoms with Gasteiger partial charge in [-0.15, -0.1) is 20.4 Å². The summed E-state index contributed by atoms with van der Waals surface area (Å²) in [6.45, 7) is 6.41. The first-order valence-electron chi connectivity index (χ1n) is 23.8. The summed E-state index contributed by atoms with van der Waals surface area (Å²) >= 11 is 0. The number of hydrogen-bond acceptors (Lipinski definition) is 13. The molecule has 69 heavy (non-hydrogen) atoms. The number of hydrogen-bond donors (Lipinski definition) is 2. The fraction of sp³-hybridized carbons (Fsp3) is 0.440. The third-order valence-electron chi connectivity index (χ3n) is 13.6. The van der Waals surface area contributed by atoms with Crippen LogP contribution in [0.25, 0.3) is 22.4 Å². The van der Waals surface area contributed by atoms with Crippen LogP contribution in [0.1, 0.15) is 70.7 Å². The van der Waals surface area contributed by atoms with Gasteiger partial charge in [0, 0.05) is 73.4 Å². The van der Waals surface area contributed by atoms with Crippen molar-refractivity contribution in [2.24, 2.45) is 11.8 Å². The Labute approximate surface area is 396 Å². The predicted octanol–water partition coefficient (Wildman–Crippen LogP) is 5.10. The number of benzene rings is 2. The molecular weight excluding hydrogens is 891 g/mol. The normalized spacial score (nSPS) is 17.9. The highest BCUT2D eigenvalue weighted by molar-refractivity contribution is 5.81. The summed E-state index contributed by atoms with van der Waals surface area (Å²) in [7, 11) is 0. The van der Waals surface area contributed by atoms with Crippen molar-refractivity contribution in [3.8, 4) is 11.5 Å². The van der Waals surface area contributed by atoms with Gasteiger partial charge in [0.2, 0.25) is 5.91 Å². The lowest BCUT2D eigenvalue weighted by Gasteiger charge is -2.31. The molecule has 6 aromatic rings. The van der Waals surface area contributed by atoms with Crippen molar-refractivity contribution in [2.45, 2.75) is 64.2 Å². The number of amides is 1. The second-order valence-corrected chi connectivity index (χ2v) is 17.8. The molecule has 0 saturated carbocycles. The monoisotopic (exact) mass is 944 g/mol. The highest BCUT2D eigenvalue weighted by Crippen LogP contribution is 2.33. The summed E-state index contributed by atoms with van der Waals surface area (Å²) in [4.78, 5) is 33.9. The summed E-state index contributed by atoms with van der Waals surface area (Å²) < 4.78 is 53.8. The fourth-order valence-electron chi connectivity index (χ4n) is 9.59. The lowest BCUT2D eigenvalue weighted by Crippen LogP contribution is -2.45. The van der Waals surface area contributed by atoms with Gasteiger partial charge in [0.05, 0.1) is 45.6 Å². The summed E-state index contributed by atoms with van der Waals surface area (Å²) in [5.41, 5.74) is 9.31. The molecule has 6 aliphatic heterocycles. The largest absolute Gasteiger partial charge is 0.493 e. The summed E-state index contributed by atoms with van der Waals surface area (Å²) in [6.07, 6.45) is 18.8. The molecule has 1 amide bonds. The van der Waals surface area contributed by atoms with Crippen molar-refractivity contribution < 1.29 is 42.4 Å². The Kier molecular flexibility index (Phi) is 13.9. The summed E-state index contributed by atoms with van der Waals surface area (Å²) in [5.74, 6) is 2.08. The molecule has 0 unspecified atom stereocenters. The molecule has 360 valence electrons. The van der Waals surface area contributed by atoms with Gasteiger partial charge in [-0.05, 0) is 98.2 Å². The Balaban J connectivity index is 0.000000142. The standard InChI is InChI=1S/C25H26FN5O3.C21H22FN5O.C4H6O3/c26-21-4-5-22-19(8-11-34-22)18(21)3-6-23-27-12-20(24-29-28-15-31(23)24)16-2-1-9-30(10-7-16)25(32)17-13-33-14-17;22-18-4-5-19-16(8-11-28-19)15(18)3-6-20-24-12-17(21-26-25-13-27(20)21)14-2-1-9-23-10-7-14;5-4(6)3-1-7-2-3/h2,4-5,12,15,17H,1,3,6-11,13-14H2;2,4-5,12-13,23H,1,3,6-11H2;3H,1-2H2,(H,5,6). The van der Waals surface area contributed by atoms with Crippen LogP contribution in [0.4, 0.5) is 8.78 Å². The molecule has 0 atom stereocenters. The molecule has 2 aromatic carbocycles. The lowest BCUT2D eigenvalue weighted by atomic mass is 9.99. The maximum absolute atomic E-state index is 14.6. The molecule has 17 nitrogen and oxygen atoms in total. The number of rotatable bonds is 10. The van der Waals surface area contributed by atoms with Crippen molar-refractivity contribution >= 4 is 34.3 Å². The van der Waals surface area contributed by atoms with E-state index in [0.717, 1.165) is 119 Å². The van der Waals surface area contributed by atoms with E-state index in [0.29, 0.717) is 84.0 Å². The molecule has 10 heterocycles. The Bertz CT molecular complexity index is 2930. The van der Waals surface area contributed by atoms with E-state index in [1.165, 1.54) is 17.7 Å². The van der Waals surface area contributed by atoms with E-state index < -0.39 is 5.97 Å². The molecule has 2 saturated heterocycles. The second-order valence-electron chi connectivity index (χ2n) is 17.8. The van der Waals surface area contributed by atoms with Gasteiger partial charge in [0.25, 0.3) is 0 Å². The quantitative estimate of drug-likeness (QED) is 0.184. The molecule has 2 fully saturated rings. The van der Waals surface area contributed by atoms with Gasteiger partial charge in [-0.2, -0.15) is 0 Å². The predicted molar refractivity (Wildman–Crippen MR) is 248 cm³/mol. The Morgan fingerprint density at radius 1 is 0.667 bits per heavy atom. The van der Waals surface area contributed by atoms with Crippen molar-refractivity contribution in [1.29, 1.82) is 0 Å². The van der Waals surface area contributed by atoms with Crippen LogP contribution in [0.3, 0.4) is 0 Å². The van der Waals surface area contributed by atoms with Crippen LogP contribution in [-0.2, 0) is 57.6 Å².